The van der Waals surface area contributed by atoms with Crippen LogP contribution in [0.4, 0.5) is 28.0 Å². The molecule has 0 saturated carbocycles. The van der Waals surface area contributed by atoms with Crippen molar-refractivity contribution < 1.29 is 37.0 Å². The second kappa shape index (κ2) is 7.97. The van der Waals surface area contributed by atoms with Gasteiger partial charge in [-0.25, -0.2) is 9.59 Å². The van der Waals surface area contributed by atoms with Gasteiger partial charge in [-0.3, -0.25) is 4.90 Å². The second-order valence-corrected chi connectivity index (χ2v) is 6.51. The molecule has 1 atom stereocenters. The predicted molar refractivity (Wildman–Crippen MR) is 89.2 cm³/mol. The van der Waals surface area contributed by atoms with Gasteiger partial charge in [0.25, 0.3) is 0 Å². The van der Waals surface area contributed by atoms with Crippen LogP contribution in [0.25, 0.3) is 0 Å². The fourth-order valence-corrected chi connectivity index (χ4v) is 2.98. The average molecular weight is 433 g/mol. The number of carbonyl (C=O) groups excluding carboxylic acids is 1. The lowest BCUT2D eigenvalue weighted by Gasteiger charge is -2.38. The van der Waals surface area contributed by atoms with E-state index in [4.69, 9.17) is 28.3 Å². The highest BCUT2D eigenvalue weighted by atomic mass is 35.5. The van der Waals surface area contributed by atoms with E-state index < -0.39 is 41.3 Å². The molecule has 0 radical (unpaired) electrons. The van der Waals surface area contributed by atoms with Gasteiger partial charge in [-0.1, -0.05) is 23.2 Å². The first-order valence-corrected chi connectivity index (χ1v) is 8.36. The highest BCUT2D eigenvalue weighted by Crippen LogP contribution is 2.40. The molecular formula is C15H14Cl2F4N2O4. The Morgan fingerprint density at radius 3 is 2.44 bits per heavy atom. The summed E-state index contributed by atoms with van der Waals surface area (Å²) in [5.74, 6) is -2.02. The third-order valence-corrected chi connectivity index (χ3v) is 4.47. The van der Waals surface area contributed by atoms with Crippen LogP contribution in [0.1, 0.15) is 13.3 Å². The summed E-state index contributed by atoms with van der Waals surface area (Å²) in [6, 6.07) is -0.0483. The third kappa shape index (κ3) is 4.49. The van der Waals surface area contributed by atoms with Gasteiger partial charge in [0.15, 0.2) is 0 Å². The molecule has 0 bridgehead atoms. The number of hydrogen-bond acceptors (Lipinski definition) is 3. The number of ether oxygens (including phenoxy) is 1. The maximum Gasteiger partial charge on any atom is 0.461 e. The second-order valence-electron chi connectivity index (χ2n) is 5.69. The van der Waals surface area contributed by atoms with Gasteiger partial charge in [0, 0.05) is 19.2 Å². The van der Waals surface area contributed by atoms with Crippen molar-refractivity contribution in [2.24, 2.45) is 0 Å². The maximum absolute atomic E-state index is 13.2. The van der Waals surface area contributed by atoms with Crippen molar-refractivity contribution in [3.8, 4) is 5.75 Å². The summed E-state index contributed by atoms with van der Waals surface area (Å²) in [7, 11) is 0. The van der Waals surface area contributed by atoms with Gasteiger partial charge in [0.2, 0.25) is 0 Å². The molecule has 1 aliphatic rings. The number of hydrogen-bond donors (Lipinski definition) is 1. The van der Waals surface area contributed by atoms with Gasteiger partial charge in [0.05, 0.1) is 15.7 Å². The molecule has 2 rings (SSSR count). The minimum absolute atomic E-state index is 0.105. The minimum atomic E-state index is -4.80. The molecule has 150 valence electrons. The van der Waals surface area contributed by atoms with Gasteiger partial charge < -0.3 is 14.7 Å². The van der Waals surface area contributed by atoms with Crippen LogP contribution in [-0.2, 0) is 4.79 Å². The van der Waals surface area contributed by atoms with E-state index in [2.05, 4.69) is 4.74 Å². The van der Waals surface area contributed by atoms with E-state index in [0.717, 1.165) is 21.9 Å². The molecule has 0 aromatic heterocycles. The fraction of sp³-hybridized carbons (Fsp3) is 0.467. The number of urea groups is 1. The van der Waals surface area contributed by atoms with Gasteiger partial charge >= 0.3 is 24.5 Å². The van der Waals surface area contributed by atoms with Crippen LogP contribution in [-0.4, -0.2) is 53.7 Å². The lowest BCUT2D eigenvalue weighted by Crippen LogP contribution is -2.54. The largest absolute Gasteiger partial charge is 0.480 e. The van der Waals surface area contributed by atoms with E-state index in [0.29, 0.717) is 6.42 Å². The van der Waals surface area contributed by atoms with E-state index in [1.165, 1.54) is 6.92 Å². The maximum atomic E-state index is 13.2. The summed E-state index contributed by atoms with van der Waals surface area (Å²) >= 11 is 11.7. The molecule has 1 aromatic carbocycles. The number of rotatable bonds is 6. The van der Waals surface area contributed by atoms with E-state index in [1.54, 1.807) is 0 Å². The Kier molecular flexibility index (Phi) is 6.31. The third-order valence-electron chi connectivity index (χ3n) is 3.87. The number of nitrogens with zero attached hydrogens (tertiary/aromatic N) is 2. The molecule has 6 nitrogen and oxygen atoms in total. The highest BCUT2D eigenvalue weighted by molar-refractivity contribution is 6.37. The first-order valence-electron chi connectivity index (χ1n) is 7.60. The number of halogens is 6. The monoisotopic (exact) mass is 432 g/mol. The van der Waals surface area contributed by atoms with Crippen molar-refractivity contribution in [1.29, 1.82) is 0 Å². The molecule has 2 amide bonds. The Morgan fingerprint density at radius 1 is 1.26 bits per heavy atom. The van der Waals surface area contributed by atoms with E-state index in [1.807, 2.05) is 0 Å². The Bertz CT molecular complexity index is 751. The number of carbonyl (C=O) groups is 2. The zero-order valence-electron chi connectivity index (χ0n) is 13.8. The topological polar surface area (TPSA) is 70.1 Å². The standard InChI is InChI=1S/C15H14Cl2F4N2O4/c1-7(12(24)25)22-3-2-4-23(14(22)26)10-6-11(9(17)5-8(10)16)27-15(20,21)13(18)19/h5-7,13H,2-4H2,1H3,(H,24,25). The molecule has 27 heavy (non-hydrogen) atoms. The van der Waals surface area contributed by atoms with Crippen molar-refractivity contribution in [1.82, 2.24) is 4.90 Å². The summed E-state index contributed by atoms with van der Waals surface area (Å²) in [6.45, 7) is 1.58. The number of carboxylic acids is 1. The fourth-order valence-electron chi connectivity index (χ4n) is 2.46. The highest BCUT2D eigenvalue weighted by Gasteiger charge is 2.44. The van der Waals surface area contributed by atoms with Crippen molar-refractivity contribution in [3.63, 3.8) is 0 Å². The SMILES string of the molecule is CC(C(=O)O)N1CCCN(c2cc(OC(F)(F)C(F)F)c(Cl)cc2Cl)C1=O. The van der Waals surface area contributed by atoms with Gasteiger partial charge in [-0.2, -0.15) is 17.6 Å². The predicted octanol–water partition coefficient (Wildman–Crippen LogP) is 4.34. The van der Waals surface area contributed by atoms with Crippen LogP contribution in [0.5, 0.6) is 5.75 Å². The summed E-state index contributed by atoms with van der Waals surface area (Å²) in [5.41, 5.74) is -0.117. The summed E-state index contributed by atoms with van der Waals surface area (Å²) in [4.78, 5) is 25.9. The number of anilines is 1. The quantitative estimate of drug-likeness (QED) is 0.678. The number of alkyl halides is 4. The van der Waals surface area contributed by atoms with Crippen molar-refractivity contribution in [3.05, 3.63) is 22.2 Å². The summed E-state index contributed by atoms with van der Waals surface area (Å²) in [6.07, 6.45) is -8.54. The van der Waals surface area contributed by atoms with E-state index in [9.17, 15) is 27.2 Å². The number of aliphatic carboxylic acids is 1. The van der Waals surface area contributed by atoms with Crippen LogP contribution in [0.3, 0.4) is 0 Å². The van der Waals surface area contributed by atoms with Crippen LogP contribution in [0.2, 0.25) is 10.0 Å². The van der Waals surface area contributed by atoms with Gasteiger partial charge in [0.1, 0.15) is 11.8 Å². The summed E-state index contributed by atoms with van der Waals surface area (Å²) in [5, 5.41) is 8.52. The normalized spacial score (nSPS) is 16.7. The molecule has 1 aliphatic heterocycles. The van der Waals surface area contributed by atoms with Crippen molar-refractivity contribution in [2.45, 2.75) is 31.9 Å². The Balaban J connectivity index is 2.38. The minimum Gasteiger partial charge on any atom is -0.480 e. The number of benzene rings is 1. The van der Waals surface area contributed by atoms with Gasteiger partial charge in [-0.05, 0) is 19.4 Å². The smallest absolute Gasteiger partial charge is 0.461 e. The molecule has 1 fully saturated rings. The molecule has 0 aliphatic carbocycles. The van der Waals surface area contributed by atoms with Crippen LogP contribution >= 0.6 is 23.2 Å². The Morgan fingerprint density at radius 2 is 1.89 bits per heavy atom. The van der Waals surface area contributed by atoms with Crippen molar-refractivity contribution in [2.75, 3.05) is 18.0 Å². The van der Waals surface area contributed by atoms with E-state index in [-0.39, 0.29) is 23.8 Å². The van der Waals surface area contributed by atoms with Gasteiger partial charge in [-0.15, -0.1) is 0 Å². The molecular weight excluding hydrogens is 419 g/mol. The zero-order chi connectivity index (χ0) is 20.5. The first kappa shape index (κ1) is 21.4. The molecule has 1 unspecified atom stereocenters. The molecule has 0 spiro atoms. The molecule has 1 N–H and O–H groups in total. The summed E-state index contributed by atoms with van der Waals surface area (Å²) < 4.78 is 55.2. The Hall–Kier alpha value is -1.94. The number of carboxylic acid groups (broad SMARTS) is 1. The van der Waals surface area contributed by atoms with Crippen molar-refractivity contribution >= 4 is 40.9 Å². The van der Waals surface area contributed by atoms with Crippen LogP contribution in [0, 0.1) is 0 Å². The first-order chi connectivity index (χ1) is 12.5. The molecule has 1 heterocycles. The lowest BCUT2D eigenvalue weighted by atomic mass is 10.2. The molecule has 1 saturated heterocycles. The average Bonchev–Trinajstić information content (AvgIpc) is 2.57. The zero-order valence-corrected chi connectivity index (χ0v) is 15.3. The Labute approximate surface area is 161 Å². The number of amides is 2. The van der Waals surface area contributed by atoms with Crippen LogP contribution < -0.4 is 9.64 Å². The van der Waals surface area contributed by atoms with Crippen LogP contribution in [0.15, 0.2) is 12.1 Å². The molecule has 1 aromatic rings. The van der Waals surface area contributed by atoms with E-state index >= 15 is 0 Å². The molecule has 12 heteroatoms. The lowest BCUT2D eigenvalue weighted by molar-refractivity contribution is -0.253.